The van der Waals surface area contributed by atoms with E-state index in [9.17, 15) is 9.59 Å². The van der Waals surface area contributed by atoms with E-state index in [1.165, 1.54) is 0 Å². The van der Waals surface area contributed by atoms with Crippen molar-refractivity contribution in [3.05, 3.63) is 24.0 Å². The maximum atomic E-state index is 11.8. The highest BCUT2D eigenvalue weighted by atomic mass is 16.2. The second-order valence-electron chi connectivity index (χ2n) is 4.71. The molecular weight excluding hydrogens is 218 g/mol. The average Bonchev–Trinajstić information content (AvgIpc) is 2.74. The minimum absolute atomic E-state index is 0.119. The molecule has 0 spiro atoms. The molecule has 1 aromatic rings. The Labute approximate surface area is 100 Å². The molecular formula is C12H17N3O2. The lowest BCUT2D eigenvalue weighted by Gasteiger charge is -2.25. The number of hydrogen-bond acceptors (Lipinski definition) is 2. The summed E-state index contributed by atoms with van der Waals surface area (Å²) >= 11 is 0. The van der Waals surface area contributed by atoms with Crippen molar-refractivity contribution >= 4 is 11.8 Å². The topological polar surface area (TPSA) is 63.1 Å². The van der Waals surface area contributed by atoms with Crippen molar-refractivity contribution in [2.24, 2.45) is 5.92 Å². The van der Waals surface area contributed by atoms with Crippen LogP contribution in [0.3, 0.4) is 0 Å². The van der Waals surface area contributed by atoms with Crippen LogP contribution in [0.5, 0.6) is 0 Å². The molecule has 5 heteroatoms. The number of carbonyl (C=O) groups excluding carboxylic acids is 2. The maximum absolute atomic E-state index is 11.8. The van der Waals surface area contributed by atoms with Gasteiger partial charge in [0.05, 0.1) is 6.54 Å². The molecule has 0 aliphatic carbocycles. The average molecular weight is 235 g/mol. The van der Waals surface area contributed by atoms with Gasteiger partial charge in [-0.15, -0.1) is 0 Å². The standard InChI is InChI=1S/C12H17N3O2/c1-8(2)6-13-11(16)9-7-15-5-3-4-10(15)12(17)14-9/h3-5,8-9H,6-7H2,1-2H3,(H,13,16)(H,14,17). The fourth-order valence-electron chi connectivity index (χ4n) is 1.83. The van der Waals surface area contributed by atoms with E-state index in [2.05, 4.69) is 10.6 Å². The number of carbonyl (C=O) groups is 2. The number of rotatable bonds is 3. The number of fused-ring (bicyclic) bond motifs is 1. The summed E-state index contributed by atoms with van der Waals surface area (Å²) in [5.74, 6) is 0.0951. The molecule has 1 aromatic heterocycles. The van der Waals surface area contributed by atoms with E-state index in [0.717, 1.165) is 0 Å². The van der Waals surface area contributed by atoms with Crippen molar-refractivity contribution in [2.45, 2.75) is 26.4 Å². The number of nitrogens with zero attached hydrogens (tertiary/aromatic N) is 1. The van der Waals surface area contributed by atoms with E-state index in [4.69, 9.17) is 0 Å². The van der Waals surface area contributed by atoms with Gasteiger partial charge in [-0.25, -0.2) is 0 Å². The zero-order chi connectivity index (χ0) is 12.4. The molecule has 17 heavy (non-hydrogen) atoms. The van der Waals surface area contributed by atoms with Crippen LogP contribution in [0.15, 0.2) is 18.3 Å². The number of nitrogens with one attached hydrogen (secondary N) is 2. The lowest BCUT2D eigenvalue weighted by Crippen LogP contribution is -2.53. The molecule has 1 unspecified atom stereocenters. The third kappa shape index (κ3) is 2.49. The van der Waals surface area contributed by atoms with Crippen LogP contribution in [0.1, 0.15) is 24.3 Å². The zero-order valence-electron chi connectivity index (χ0n) is 10.1. The van der Waals surface area contributed by atoms with Crippen LogP contribution in [0.4, 0.5) is 0 Å². The highest BCUT2D eigenvalue weighted by molar-refractivity contribution is 5.97. The van der Waals surface area contributed by atoms with Crippen molar-refractivity contribution in [3.8, 4) is 0 Å². The number of aromatic nitrogens is 1. The first-order chi connectivity index (χ1) is 8.08. The Balaban J connectivity index is 2.01. The van der Waals surface area contributed by atoms with E-state index in [1.54, 1.807) is 10.6 Å². The van der Waals surface area contributed by atoms with Gasteiger partial charge in [-0.2, -0.15) is 0 Å². The maximum Gasteiger partial charge on any atom is 0.268 e. The summed E-state index contributed by atoms with van der Waals surface area (Å²) in [7, 11) is 0. The zero-order valence-corrected chi connectivity index (χ0v) is 10.1. The Hall–Kier alpha value is -1.78. The van der Waals surface area contributed by atoms with Crippen LogP contribution in [-0.2, 0) is 11.3 Å². The summed E-state index contributed by atoms with van der Waals surface area (Å²) < 4.78 is 1.80. The van der Waals surface area contributed by atoms with Crippen molar-refractivity contribution in [2.75, 3.05) is 6.54 Å². The Morgan fingerprint density at radius 1 is 1.65 bits per heavy atom. The van der Waals surface area contributed by atoms with Crippen LogP contribution in [0.2, 0.25) is 0 Å². The smallest absolute Gasteiger partial charge is 0.268 e. The van der Waals surface area contributed by atoms with Crippen LogP contribution in [0.25, 0.3) is 0 Å². The normalized spacial score (nSPS) is 18.8. The number of hydrogen-bond donors (Lipinski definition) is 2. The van der Waals surface area contributed by atoms with Crippen LogP contribution in [0, 0.1) is 5.92 Å². The summed E-state index contributed by atoms with van der Waals surface area (Å²) in [5, 5.41) is 5.54. The Bertz CT molecular complexity index is 437. The summed E-state index contributed by atoms with van der Waals surface area (Å²) in [6.45, 7) is 5.19. The summed E-state index contributed by atoms with van der Waals surface area (Å²) in [6.07, 6.45) is 1.82. The van der Waals surface area contributed by atoms with Gasteiger partial charge in [0.2, 0.25) is 5.91 Å². The molecule has 1 atom stereocenters. The second kappa shape index (κ2) is 4.61. The number of amides is 2. The van der Waals surface area contributed by atoms with E-state index in [0.29, 0.717) is 24.7 Å². The van der Waals surface area contributed by atoms with Gasteiger partial charge in [0.25, 0.3) is 5.91 Å². The molecule has 92 valence electrons. The van der Waals surface area contributed by atoms with Gasteiger partial charge in [0.15, 0.2) is 0 Å². The first-order valence-electron chi connectivity index (χ1n) is 5.81. The molecule has 2 rings (SSSR count). The first-order valence-corrected chi connectivity index (χ1v) is 5.81. The van der Waals surface area contributed by atoms with Crippen LogP contribution < -0.4 is 10.6 Å². The molecule has 2 amide bonds. The molecule has 0 radical (unpaired) electrons. The summed E-state index contributed by atoms with van der Waals surface area (Å²) in [5.41, 5.74) is 0.609. The quantitative estimate of drug-likeness (QED) is 0.795. The van der Waals surface area contributed by atoms with Gasteiger partial charge in [-0.3, -0.25) is 9.59 Å². The SMILES string of the molecule is CC(C)CNC(=O)C1Cn2cccc2C(=O)N1. The minimum atomic E-state index is -0.471. The van der Waals surface area contributed by atoms with Crippen molar-refractivity contribution in [1.29, 1.82) is 0 Å². The van der Waals surface area contributed by atoms with Gasteiger partial charge in [0.1, 0.15) is 11.7 Å². The monoisotopic (exact) mass is 235 g/mol. The van der Waals surface area contributed by atoms with Gasteiger partial charge in [0, 0.05) is 12.7 Å². The minimum Gasteiger partial charge on any atom is -0.354 e. The van der Waals surface area contributed by atoms with Gasteiger partial charge in [-0.05, 0) is 18.1 Å². The predicted octanol–water partition coefficient (Wildman–Crippen LogP) is 0.372. The van der Waals surface area contributed by atoms with Gasteiger partial charge >= 0.3 is 0 Å². The summed E-state index contributed by atoms with van der Waals surface area (Å²) in [4.78, 5) is 23.5. The van der Waals surface area contributed by atoms with Crippen molar-refractivity contribution in [3.63, 3.8) is 0 Å². The van der Waals surface area contributed by atoms with E-state index >= 15 is 0 Å². The Kier molecular flexibility index (Phi) is 3.17. The molecule has 1 aliphatic heterocycles. The Morgan fingerprint density at radius 2 is 2.41 bits per heavy atom. The molecule has 5 nitrogen and oxygen atoms in total. The van der Waals surface area contributed by atoms with Crippen molar-refractivity contribution < 1.29 is 9.59 Å². The molecule has 2 heterocycles. The third-order valence-corrected chi connectivity index (χ3v) is 2.75. The highest BCUT2D eigenvalue weighted by Crippen LogP contribution is 2.09. The van der Waals surface area contributed by atoms with E-state index in [1.807, 2.05) is 26.1 Å². The van der Waals surface area contributed by atoms with E-state index in [-0.39, 0.29) is 11.8 Å². The molecule has 1 aliphatic rings. The fraction of sp³-hybridized carbons (Fsp3) is 0.500. The van der Waals surface area contributed by atoms with Crippen LogP contribution in [-0.4, -0.2) is 29.0 Å². The first kappa shape index (κ1) is 11.7. The highest BCUT2D eigenvalue weighted by Gasteiger charge is 2.28. The predicted molar refractivity (Wildman–Crippen MR) is 63.5 cm³/mol. The summed E-state index contributed by atoms with van der Waals surface area (Å²) in [6, 6.07) is 3.09. The lowest BCUT2D eigenvalue weighted by molar-refractivity contribution is -0.123. The fourth-order valence-corrected chi connectivity index (χ4v) is 1.83. The Morgan fingerprint density at radius 3 is 3.12 bits per heavy atom. The van der Waals surface area contributed by atoms with Gasteiger partial charge < -0.3 is 15.2 Å². The van der Waals surface area contributed by atoms with E-state index < -0.39 is 6.04 Å². The van der Waals surface area contributed by atoms with Gasteiger partial charge in [-0.1, -0.05) is 13.8 Å². The van der Waals surface area contributed by atoms with Crippen LogP contribution >= 0.6 is 0 Å². The molecule has 0 fully saturated rings. The second-order valence-corrected chi connectivity index (χ2v) is 4.71. The van der Waals surface area contributed by atoms with Crippen molar-refractivity contribution in [1.82, 2.24) is 15.2 Å². The molecule has 0 bridgehead atoms. The molecule has 0 saturated carbocycles. The lowest BCUT2D eigenvalue weighted by atomic mass is 10.1. The molecule has 0 aromatic carbocycles. The third-order valence-electron chi connectivity index (χ3n) is 2.75. The largest absolute Gasteiger partial charge is 0.354 e. The molecule has 2 N–H and O–H groups in total. The molecule has 0 saturated heterocycles.